The van der Waals surface area contributed by atoms with E-state index in [1.54, 1.807) is 6.33 Å². The number of anilines is 1. The maximum absolute atomic E-state index is 9.58. The van der Waals surface area contributed by atoms with Gasteiger partial charge in [-0.2, -0.15) is 5.10 Å². The summed E-state index contributed by atoms with van der Waals surface area (Å²) in [6.07, 6.45) is 5.53. The van der Waals surface area contributed by atoms with E-state index in [0.717, 1.165) is 61.6 Å². The number of aromatic nitrogens is 4. The smallest absolute Gasteiger partial charge is 0.168 e. The van der Waals surface area contributed by atoms with E-state index in [1.165, 1.54) is 0 Å². The van der Waals surface area contributed by atoms with Crippen molar-refractivity contribution in [3.63, 3.8) is 0 Å². The normalized spacial score (nSPS) is 17.1. The summed E-state index contributed by atoms with van der Waals surface area (Å²) in [5, 5.41) is 15.1. The predicted molar refractivity (Wildman–Crippen MR) is 111 cm³/mol. The Bertz CT molecular complexity index is 902. The lowest BCUT2D eigenvalue weighted by molar-refractivity contribution is 0.101. The van der Waals surface area contributed by atoms with E-state index in [4.69, 9.17) is 0 Å². The molecule has 1 N–H and O–H groups in total. The zero-order valence-electron chi connectivity index (χ0n) is 16.6. The highest BCUT2D eigenvalue weighted by Gasteiger charge is 2.22. The van der Waals surface area contributed by atoms with Crippen molar-refractivity contribution in [1.82, 2.24) is 24.6 Å². The number of nitrogens with zero attached hydrogens (tertiary/aromatic N) is 6. The molecule has 4 rings (SSSR count). The number of aliphatic hydroxyl groups is 1. The second-order valence-corrected chi connectivity index (χ2v) is 7.80. The Morgan fingerprint density at radius 2 is 1.93 bits per heavy atom. The van der Waals surface area contributed by atoms with Crippen molar-refractivity contribution in [3.8, 4) is 5.69 Å². The van der Waals surface area contributed by atoms with Crippen LogP contribution >= 0.6 is 0 Å². The molecule has 0 spiro atoms. The fourth-order valence-corrected chi connectivity index (χ4v) is 4.09. The number of aliphatic hydroxyl groups excluding tert-OH is 1. The lowest BCUT2D eigenvalue weighted by Gasteiger charge is -2.34. The Hall–Kier alpha value is -2.51. The molecule has 3 aromatic rings. The van der Waals surface area contributed by atoms with Crippen LogP contribution in [0.15, 0.2) is 42.9 Å². The summed E-state index contributed by atoms with van der Waals surface area (Å²) >= 11 is 0. The van der Waals surface area contributed by atoms with Crippen molar-refractivity contribution in [2.24, 2.45) is 5.92 Å². The third-order valence-electron chi connectivity index (χ3n) is 5.47. The molecule has 0 bridgehead atoms. The number of likely N-dealkylation sites (tertiary alicyclic amines) is 1. The molecule has 1 saturated heterocycles. The van der Waals surface area contributed by atoms with Crippen molar-refractivity contribution in [1.29, 1.82) is 0 Å². The van der Waals surface area contributed by atoms with Crippen LogP contribution in [0.3, 0.4) is 0 Å². The molecule has 148 valence electrons. The van der Waals surface area contributed by atoms with E-state index in [0.29, 0.717) is 5.92 Å². The lowest BCUT2D eigenvalue weighted by atomic mass is 9.96. The van der Waals surface area contributed by atoms with Gasteiger partial charge >= 0.3 is 0 Å². The number of fused-ring (bicyclic) bond motifs is 1. The van der Waals surface area contributed by atoms with Gasteiger partial charge in [0.1, 0.15) is 12.1 Å². The van der Waals surface area contributed by atoms with Crippen molar-refractivity contribution < 1.29 is 5.11 Å². The molecule has 1 aromatic carbocycles. The molecular formula is C21H28N6O. The SMILES string of the molecule is CC(O)CN1CCC(CN(C)c2ncnc3c2cnn3-c2ccccc2)CC1. The molecule has 7 heteroatoms. The van der Waals surface area contributed by atoms with Crippen molar-refractivity contribution in [3.05, 3.63) is 42.9 Å². The molecule has 1 fully saturated rings. The number of piperidine rings is 1. The van der Waals surface area contributed by atoms with E-state index in [9.17, 15) is 5.11 Å². The van der Waals surface area contributed by atoms with Gasteiger partial charge < -0.3 is 14.9 Å². The number of rotatable bonds is 6. The van der Waals surface area contributed by atoms with E-state index >= 15 is 0 Å². The van der Waals surface area contributed by atoms with E-state index < -0.39 is 0 Å². The van der Waals surface area contributed by atoms with Crippen LogP contribution in [-0.4, -0.2) is 69.1 Å². The summed E-state index contributed by atoms with van der Waals surface area (Å²) in [6, 6.07) is 10.1. The molecule has 3 heterocycles. The molecule has 2 aromatic heterocycles. The monoisotopic (exact) mass is 380 g/mol. The third kappa shape index (κ3) is 4.00. The Balaban J connectivity index is 1.48. The lowest BCUT2D eigenvalue weighted by Crippen LogP contribution is -2.40. The van der Waals surface area contributed by atoms with Crippen LogP contribution in [-0.2, 0) is 0 Å². The average Bonchev–Trinajstić information content (AvgIpc) is 3.14. The molecule has 1 unspecified atom stereocenters. The Morgan fingerprint density at radius 1 is 1.18 bits per heavy atom. The molecule has 28 heavy (non-hydrogen) atoms. The number of hydrogen-bond acceptors (Lipinski definition) is 6. The van der Waals surface area contributed by atoms with Crippen LogP contribution < -0.4 is 4.90 Å². The highest BCUT2D eigenvalue weighted by molar-refractivity contribution is 5.87. The first-order valence-electron chi connectivity index (χ1n) is 9.97. The second-order valence-electron chi connectivity index (χ2n) is 7.80. The predicted octanol–water partition coefficient (Wildman–Crippen LogP) is 2.34. The van der Waals surface area contributed by atoms with Gasteiger partial charge in [0.15, 0.2) is 5.65 Å². The molecule has 0 amide bonds. The van der Waals surface area contributed by atoms with Crippen LogP contribution in [0.4, 0.5) is 5.82 Å². The molecule has 0 radical (unpaired) electrons. The molecular weight excluding hydrogens is 352 g/mol. The second kappa shape index (κ2) is 8.24. The van der Waals surface area contributed by atoms with Gasteiger partial charge in [-0.1, -0.05) is 18.2 Å². The van der Waals surface area contributed by atoms with Crippen LogP contribution in [0.2, 0.25) is 0 Å². The van der Waals surface area contributed by atoms with Crippen LogP contribution in [0.25, 0.3) is 16.7 Å². The Labute approximate surface area is 165 Å². The van der Waals surface area contributed by atoms with Gasteiger partial charge in [0.05, 0.1) is 23.4 Å². The van der Waals surface area contributed by atoms with Crippen LogP contribution in [0.1, 0.15) is 19.8 Å². The topological polar surface area (TPSA) is 70.3 Å². The Kier molecular flexibility index (Phi) is 5.54. The molecule has 1 aliphatic rings. The molecule has 0 aliphatic carbocycles. The highest BCUT2D eigenvalue weighted by Crippen LogP contribution is 2.26. The fourth-order valence-electron chi connectivity index (χ4n) is 4.09. The summed E-state index contributed by atoms with van der Waals surface area (Å²) in [5.74, 6) is 1.56. The minimum absolute atomic E-state index is 0.255. The standard InChI is InChI=1S/C21H28N6O/c1-16(28)13-26-10-8-17(9-11-26)14-25(2)20-19-12-24-27(21(19)23-15-22-20)18-6-4-3-5-7-18/h3-7,12,15-17,28H,8-11,13-14H2,1-2H3. The molecule has 7 nitrogen and oxygen atoms in total. The first-order chi connectivity index (χ1) is 13.6. The minimum Gasteiger partial charge on any atom is -0.392 e. The van der Waals surface area contributed by atoms with Gasteiger partial charge in [-0.15, -0.1) is 0 Å². The van der Waals surface area contributed by atoms with Gasteiger partial charge in [0, 0.05) is 20.1 Å². The van der Waals surface area contributed by atoms with Gasteiger partial charge in [0.25, 0.3) is 0 Å². The summed E-state index contributed by atoms with van der Waals surface area (Å²) in [5.41, 5.74) is 1.82. The third-order valence-corrected chi connectivity index (χ3v) is 5.47. The van der Waals surface area contributed by atoms with Gasteiger partial charge in [-0.3, -0.25) is 0 Å². The summed E-state index contributed by atoms with van der Waals surface area (Å²) in [7, 11) is 2.10. The van der Waals surface area contributed by atoms with Crippen LogP contribution in [0.5, 0.6) is 0 Å². The number of benzene rings is 1. The van der Waals surface area contributed by atoms with Crippen molar-refractivity contribution in [2.75, 3.05) is 38.1 Å². The van der Waals surface area contributed by atoms with Crippen molar-refractivity contribution in [2.45, 2.75) is 25.9 Å². The van der Waals surface area contributed by atoms with E-state index in [1.807, 2.05) is 48.1 Å². The maximum Gasteiger partial charge on any atom is 0.168 e. The summed E-state index contributed by atoms with van der Waals surface area (Å²) in [6.45, 7) is 5.69. The van der Waals surface area contributed by atoms with Gasteiger partial charge in [0.2, 0.25) is 0 Å². The van der Waals surface area contributed by atoms with E-state index in [-0.39, 0.29) is 6.10 Å². The van der Waals surface area contributed by atoms with Gasteiger partial charge in [-0.05, 0) is 50.9 Å². The molecule has 0 saturated carbocycles. The van der Waals surface area contributed by atoms with Crippen LogP contribution in [0, 0.1) is 5.92 Å². The minimum atomic E-state index is -0.255. The zero-order valence-corrected chi connectivity index (χ0v) is 16.6. The zero-order chi connectivity index (χ0) is 19.5. The average molecular weight is 380 g/mol. The Morgan fingerprint density at radius 3 is 2.64 bits per heavy atom. The first-order valence-corrected chi connectivity index (χ1v) is 9.97. The summed E-state index contributed by atoms with van der Waals surface area (Å²) < 4.78 is 1.86. The number of β-amino-alcohol motifs (C(OH)–C–C–N with tert-alkyl or cyclic N) is 1. The summed E-state index contributed by atoms with van der Waals surface area (Å²) in [4.78, 5) is 13.6. The molecule has 1 aliphatic heterocycles. The van der Waals surface area contributed by atoms with Crippen molar-refractivity contribution >= 4 is 16.9 Å². The quantitative estimate of drug-likeness (QED) is 0.708. The molecule has 1 atom stereocenters. The first kappa shape index (κ1) is 18.8. The van der Waals surface area contributed by atoms with E-state index in [2.05, 4.69) is 31.9 Å². The van der Waals surface area contributed by atoms with Gasteiger partial charge in [-0.25, -0.2) is 14.6 Å². The highest BCUT2D eigenvalue weighted by atomic mass is 16.3. The maximum atomic E-state index is 9.58. The number of hydrogen-bond donors (Lipinski definition) is 1. The number of para-hydroxylation sites is 1. The largest absolute Gasteiger partial charge is 0.392 e. The fraction of sp³-hybridized carbons (Fsp3) is 0.476.